The van der Waals surface area contributed by atoms with E-state index in [1.807, 2.05) is 13.0 Å². The summed E-state index contributed by atoms with van der Waals surface area (Å²) in [6, 6.07) is 9.94. The molecule has 4 nitrogen and oxygen atoms in total. The Bertz CT molecular complexity index is 1170. The van der Waals surface area contributed by atoms with Crippen LogP contribution in [0.25, 0.3) is 22.2 Å². The quantitative estimate of drug-likeness (QED) is 0.504. The molecule has 3 aromatic rings. The fraction of sp³-hybridized carbons (Fsp3) is 0.400. The van der Waals surface area contributed by atoms with Crippen LogP contribution < -0.4 is 5.32 Å². The third-order valence-corrected chi connectivity index (χ3v) is 6.83. The Morgan fingerprint density at radius 1 is 1.13 bits per heavy atom. The zero-order valence-corrected chi connectivity index (χ0v) is 17.5. The van der Waals surface area contributed by atoms with Crippen molar-refractivity contribution in [2.24, 2.45) is 0 Å². The summed E-state index contributed by atoms with van der Waals surface area (Å²) in [6.45, 7) is 2.72. The number of anilines is 1. The van der Waals surface area contributed by atoms with Gasteiger partial charge in [-0.1, -0.05) is 18.9 Å². The number of halogens is 2. The van der Waals surface area contributed by atoms with Gasteiger partial charge in [0, 0.05) is 40.7 Å². The van der Waals surface area contributed by atoms with Crippen molar-refractivity contribution in [3.05, 3.63) is 53.3 Å². The van der Waals surface area contributed by atoms with Crippen LogP contribution in [-0.4, -0.2) is 27.9 Å². The Morgan fingerprint density at radius 2 is 1.94 bits per heavy atom. The lowest BCUT2D eigenvalue weighted by atomic mass is 9.80. The second-order valence-corrected chi connectivity index (χ2v) is 8.88. The molecule has 0 amide bonds. The second kappa shape index (κ2) is 7.66. The van der Waals surface area contributed by atoms with Crippen molar-refractivity contribution >= 4 is 22.6 Å². The molecule has 1 aliphatic heterocycles. The molecule has 2 heterocycles. The summed E-state index contributed by atoms with van der Waals surface area (Å²) < 4.78 is 31.5. The van der Waals surface area contributed by atoms with Crippen LogP contribution in [0.2, 0.25) is 0 Å². The molecule has 3 atom stereocenters. The van der Waals surface area contributed by atoms with Crippen LogP contribution in [0.4, 0.5) is 14.5 Å². The molecule has 2 aliphatic rings. The molecule has 1 aliphatic carbocycles. The van der Waals surface area contributed by atoms with Crippen LogP contribution in [-0.2, 0) is 6.54 Å². The van der Waals surface area contributed by atoms with Crippen LogP contribution in [0.1, 0.15) is 60.9 Å². The first-order valence-electron chi connectivity index (χ1n) is 11.0. The molecule has 0 saturated heterocycles. The predicted octanol–water partition coefficient (Wildman–Crippen LogP) is 6.35. The number of alkyl halides is 1. The summed E-state index contributed by atoms with van der Waals surface area (Å²) in [4.78, 5) is 11.7. The number of aromatic carboxylic acids is 1. The first kappa shape index (κ1) is 20.0. The van der Waals surface area contributed by atoms with Gasteiger partial charge in [-0.25, -0.2) is 13.6 Å². The minimum absolute atomic E-state index is 0.112. The monoisotopic (exact) mass is 424 g/mol. The number of aromatic nitrogens is 1. The van der Waals surface area contributed by atoms with E-state index in [1.54, 1.807) is 18.2 Å². The first-order valence-corrected chi connectivity index (χ1v) is 11.0. The number of nitrogens with one attached hydrogen (secondary N) is 1. The van der Waals surface area contributed by atoms with Crippen LogP contribution >= 0.6 is 0 Å². The molecule has 6 heteroatoms. The van der Waals surface area contributed by atoms with Gasteiger partial charge in [-0.05, 0) is 62.1 Å². The van der Waals surface area contributed by atoms with Gasteiger partial charge in [0.2, 0.25) is 0 Å². The number of carboxylic acid groups (broad SMARTS) is 1. The first-order chi connectivity index (χ1) is 14.9. The van der Waals surface area contributed by atoms with E-state index in [1.165, 1.54) is 12.1 Å². The van der Waals surface area contributed by atoms with Crippen molar-refractivity contribution in [3.63, 3.8) is 0 Å². The van der Waals surface area contributed by atoms with Crippen LogP contribution in [0, 0.1) is 5.82 Å². The highest BCUT2D eigenvalue weighted by atomic mass is 19.1. The SMILES string of the molecule is CC1CCn2c(c(C3CCCC[C@@H]3F)c3ccc(C(=O)O)cc32)-c2ccc(F)cc2N1. The zero-order chi connectivity index (χ0) is 21.7. The third kappa shape index (κ3) is 3.38. The molecular formula is C25H26F2N2O2. The summed E-state index contributed by atoms with van der Waals surface area (Å²) in [5, 5.41) is 13.9. The summed E-state index contributed by atoms with van der Waals surface area (Å²) >= 11 is 0. The van der Waals surface area contributed by atoms with E-state index in [0.717, 1.165) is 53.4 Å². The van der Waals surface area contributed by atoms with E-state index in [4.69, 9.17) is 0 Å². The average Bonchev–Trinajstić information content (AvgIpc) is 3.04. The molecule has 2 N–H and O–H groups in total. The number of hydrogen-bond donors (Lipinski definition) is 2. The lowest BCUT2D eigenvalue weighted by Crippen LogP contribution is -2.23. The zero-order valence-electron chi connectivity index (χ0n) is 17.5. The van der Waals surface area contributed by atoms with Gasteiger partial charge in [0.25, 0.3) is 0 Å². The lowest BCUT2D eigenvalue weighted by Gasteiger charge is -2.29. The van der Waals surface area contributed by atoms with Crippen LogP contribution in [0.5, 0.6) is 0 Å². The van der Waals surface area contributed by atoms with Crippen molar-refractivity contribution < 1.29 is 18.7 Å². The standard InChI is InChI=1S/C25H26F2N2O2/c1-14-10-11-29-22-12-15(25(30)31)6-8-19(22)23(17-4-2-3-5-20(17)27)24(29)18-9-7-16(26)13-21(18)28-14/h6-9,12-14,17,20,28H,2-5,10-11H2,1H3,(H,30,31)/t14?,17?,20-/m0/s1. The third-order valence-electron chi connectivity index (χ3n) is 6.83. The van der Waals surface area contributed by atoms with E-state index in [2.05, 4.69) is 9.88 Å². The van der Waals surface area contributed by atoms with Gasteiger partial charge in [0.1, 0.15) is 12.0 Å². The molecule has 0 radical (unpaired) electrons. The van der Waals surface area contributed by atoms with Crippen molar-refractivity contribution in [2.75, 3.05) is 5.32 Å². The van der Waals surface area contributed by atoms with Crippen molar-refractivity contribution in [3.8, 4) is 11.3 Å². The molecule has 1 fully saturated rings. The Morgan fingerprint density at radius 3 is 2.71 bits per heavy atom. The van der Waals surface area contributed by atoms with Crippen LogP contribution in [0.15, 0.2) is 36.4 Å². The normalized spacial score (nSPS) is 23.4. The van der Waals surface area contributed by atoms with Gasteiger partial charge in [-0.2, -0.15) is 0 Å². The number of hydrogen-bond acceptors (Lipinski definition) is 2. The maximum Gasteiger partial charge on any atom is 0.335 e. The highest BCUT2D eigenvalue weighted by molar-refractivity contribution is 5.99. The van der Waals surface area contributed by atoms with Gasteiger partial charge < -0.3 is 15.0 Å². The number of carboxylic acids is 1. The second-order valence-electron chi connectivity index (χ2n) is 8.88. The highest BCUT2D eigenvalue weighted by Gasteiger charge is 2.34. The largest absolute Gasteiger partial charge is 0.478 e. The van der Waals surface area contributed by atoms with E-state index in [0.29, 0.717) is 18.7 Å². The molecule has 5 rings (SSSR count). The molecule has 2 aromatic carbocycles. The summed E-state index contributed by atoms with van der Waals surface area (Å²) in [7, 11) is 0. The summed E-state index contributed by atoms with van der Waals surface area (Å²) in [5.74, 6) is -1.56. The number of nitrogens with zero attached hydrogens (tertiary/aromatic N) is 1. The van der Waals surface area contributed by atoms with Crippen molar-refractivity contribution in [1.82, 2.24) is 4.57 Å². The number of aryl methyl sites for hydroxylation is 1. The minimum Gasteiger partial charge on any atom is -0.478 e. The van der Waals surface area contributed by atoms with E-state index in [-0.39, 0.29) is 23.3 Å². The molecule has 162 valence electrons. The van der Waals surface area contributed by atoms with Gasteiger partial charge in [0.05, 0.1) is 11.3 Å². The van der Waals surface area contributed by atoms with Gasteiger partial charge in [-0.3, -0.25) is 0 Å². The minimum atomic E-state index is -0.983. The molecule has 2 unspecified atom stereocenters. The summed E-state index contributed by atoms with van der Waals surface area (Å²) in [6.07, 6.45) is 2.99. The Kier molecular flexibility index (Phi) is 4.95. The maximum absolute atomic E-state index is 15.2. The fourth-order valence-corrected chi connectivity index (χ4v) is 5.32. The lowest BCUT2D eigenvalue weighted by molar-refractivity contribution is 0.0697. The molecule has 1 aromatic heterocycles. The molecule has 0 spiro atoms. The van der Waals surface area contributed by atoms with E-state index >= 15 is 4.39 Å². The summed E-state index contributed by atoms with van der Waals surface area (Å²) in [5.41, 5.74) is 4.39. The van der Waals surface area contributed by atoms with Crippen molar-refractivity contribution in [1.29, 1.82) is 0 Å². The Labute approximate surface area is 179 Å². The number of benzene rings is 2. The fourth-order valence-electron chi connectivity index (χ4n) is 5.32. The maximum atomic E-state index is 15.2. The topological polar surface area (TPSA) is 54.3 Å². The van der Waals surface area contributed by atoms with Gasteiger partial charge in [0.15, 0.2) is 0 Å². The average molecular weight is 424 g/mol. The van der Waals surface area contributed by atoms with Crippen LogP contribution in [0.3, 0.4) is 0 Å². The molecule has 1 saturated carbocycles. The van der Waals surface area contributed by atoms with E-state index in [9.17, 15) is 14.3 Å². The molecule has 0 bridgehead atoms. The van der Waals surface area contributed by atoms with Gasteiger partial charge in [-0.15, -0.1) is 0 Å². The van der Waals surface area contributed by atoms with E-state index < -0.39 is 12.1 Å². The smallest absolute Gasteiger partial charge is 0.335 e. The number of rotatable bonds is 2. The molecule has 31 heavy (non-hydrogen) atoms. The Balaban J connectivity index is 1.86. The van der Waals surface area contributed by atoms with Crippen molar-refractivity contribution in [2.45, 2.75) is 63.7 Å². The predicted molar refractivity (Wildman–Crippen MR) is 118 cm³/mol. The molecular weight excluding hydrogens is 398 g/mol. The number of fused-ring (bicyclic) bond motifs is 5. The van der Waals surface area contributed by atoms with Gasteiger partial charge >= 0.3 is 5.97 Å². The highest BCUT2D eigenvalue weighted by Crippen LogP contribution is 2.47. The Hall–Kier alpha value is -2.89. The number of carbonyl (C=O) groups is 1.